The van der Waals surface area contributed by atoms with Crippen molar-refractivity contribution < 1.29 is 28.9 Å². The van der Waals surface area contributed by atoms with E-state index in [9.17, 15) is 14.4 Å². The molecule has 2 aromatic carbocycles. The Morgan fingerprint density at radius 3 is 2.62 bits per heavy atom. The molecule has 0 fully saturated rings. The number of carboxylic acid groups (broad SMARTS) is 1. The van der Waals surface area contributed by atoms with Crippen LogP contribution in [0.5, 0.6) is 11.5 Å². The van der Waals surface area contributed by atoms with E-state index in [4.69, 9.17) is 19.3 Å². The van der Waals surface area contributed by atoms with Crippen LogP contribution in [0.2, 0.25) is 0 Å². The number of nitrogens with zero attached hydrogens (tertiary/aromatic N) is 2. The molecule has 3 aromatic rings. The second-order valence-corrected chi connectivity index (χ2v) is 9.04. The van der Waals surface area contributed by atoms with Gasteiger partial charge in [0, 0.05) is 5.56 Å². The van der Waals surface area contributed by atoms with Crippen LogP contribution >= 0.6 is 11.3 Å². The first-order valence-electron chi connectivity index (χ1n) is 11.7. The van der Waals surface area contributed by atoms with Crippen molar-refractivity contribution in [3.8, 4) is 11.5 Å². The van der Waals surface area contributed by atoms with Gasteiger partial charge in [-0.15, -0.1) is 0 Å². The fraction of sp³-hybridized carbons (Fsp3) is 0.259. The van der Waals surface area contributed by atoms with Gasteiger partial charge in [0.2, 0.25) is 0 Å². The molecule has 4 rings (SSSR count). The Kier molecular flexibility index (Phi) is 7.88. The highest BCUT2D eigenvalue weighted by molar-refractivity contribution is 7.07. The lowest BCUT2D eigenvalue weighted by Crippen LogP contribution is -2.40. The second-order valence-electron chi connectivity index (χ2n) is 8.03. The molecule has 0 spiro atoms. The number of carbonyl (C=O) groups excluding carboxylic acids is 1. The number of aliphatic carboxylic acids is 1. The summed E-state index contributed by atoms with van der Waals surface area (Å²) in [6.45, 7) is 5.43. The number of aromatic nitrogens is 1. The number of thiazole rings is 1. The van der Waals surface area contributed by atoms with Crippen molar-refractivity contribution in [2.75, 3.05) is 19.8 Å². The van der Waals surface area contributed by atoms with Crippen LogP contribution in [0.25, 0.3) is 6.08 Å². The van der Waals surface area contributed by atoms with Crippen LogP contribution in [-0.4, -0.2) is 41.4 Å². The van der Waals surface area contributed by atoms with Crippen LogP contribution in [0.15, 0.2) is 69.6 Å². The predicted octanol–water partition coefficient (Wildman–Crippen LogP) is 2.66. The Hall–Kier alpha value is -4.18. The van der Waals surface area contributed by atoms with E-state index in [0.717, 1.165) is 0 Å². The topological polar surface area (TPSA) is 116 Å². The third-order valence-corrected chi connectivity index (χ3v) is 6.53. The molecule has 0 saturated carbocycles. The van der Waals surface area contributed by atoms with Crippen LogP contribution in [0.1, 0.15) is 37.9 Å². The summed E-state index contributed by atoms with van der Waals surface area (Å²) in [6, 6.07) is 13.3. The van der Waals surface area contributed by atoms with E-state index >= 15 is 0 Å². The Balaban J connectivity index is 1.89. The summed E-state index contributed by atoms with van der Waals surface area (Å²) >= 11 is 1.20. The number of carbonyl (C=O) groups is 2. The molecule has 0 radical (unpaired) electrons. The number of hydrogen-bond donors (Lipinski definition) is 1. The van der Waals surface area contributed by atoms with Crippen molar-refractivity contribution in [3.63, 3.8) is 0 Å². The van der Waals surface area contributed by atoms with Gasteiger partial charge in [-0.3, -0.25) is 9.36 Å². The first-order chi connectivity index (χ1) is 17.8. The predicted molar refractivity (Wildman–Crippen MR) is 138 cm³/mol. The minimum Gasteiger partial charge on any atom is -0.494 e. The zero-order valence-corrected chi connectivity index (χ0v) is 21.4. The first kappa shape index (κ1) is 25.9. The molecular weight excluding hydrogens is 496 g/mol. The minimum atomic E-state index is -1.08. The van der Waals surface area contributed by atoms with E-state index in [1.165, 1.54) is 15.9 Å². The Morgan fingerprint density at radius 2 is 1.89 bits per heavy atom. The van der Waals surface area contributed by atoms with Crippen LogP contribution in [0, 0.1) is 0 Å². The lowest BCUT2D eigenvalue weighted by molar-refractivity contribution is -0.140. The Bertz CT molecular complexity index is 1550. The maximum Gasteiger partial charge on any atom is 0.341 e. The molecule has 0 bridgehead atoms. The first-order valence-corrected chi connectivity index (χ1v) is 12.5. The Labute approximate surface area is 216 Å². The van der Waals surface area contributed by atoms with E-state index in [1.54, 1.807) is 50.3 Å². The lowest BCUT2D eigenvalue weighted by atomic mass is 9.95. The SMILES string of the molecule is CCOC(=O)C1=C(C)N=c2s/c(=C/c3cccc(OCC(=O)O)c3)c(=O)n2[C@@H]1c1ccccc1OCC. The number of para-hydroxylation sites is 1. The Morgan fingerprint density at radius 1 is 1.11 bits per heavy atom. The van der Waals surface area contributed by atoms with Crippen LogP contribution in [0.4, 0.5) is 0 Å². The standard InChI is InChI=1S/C27H26N2O7S/c1-4-34-20-12-7-6-11-19(20)24-23(26(33)35-5-2)16(3)28-27-29(24)25(32)21(37-27)14-17-9-8-10-18(13-17)36-15-22(30)31/h6-14,24H,4-5,15H2,1-3H3,(H,30,31)/b21-14+/t24-/m1/s1. The molecule has 10 heteroatoms. The normalized spacial score (nSPS) is 15.1. The van der Waals surface area contributed by atoms with Gasteiger partial charge in [-0.05, 0) is 50.6 Å². The van der Waals surface area contributed by atoms with E-state index < -0.39 is 24.6 Å². The molecule has 0 amide bonds. The largest absolute Gasteiger partial charge is 0.494 e. The van der Waals surface area contributed by atoms with Crippen molar-refractivity contribution >= 4 is 29.4 Å². The fourth-order valence-corrected chi connectivity index (χ4v) is 5.12. The molecule has 0 aliphatic carbocycles. The lowest BCUT2D eigenvalue weighted by Gasteiger charge is -2.26. The number of benzene rings is 2. The molecule has 37 heavy (non-hydrogen) atoms. The van der Waals surface area contributed by atoms with Crippen LogP contribution in [0.3, 0.4) is 0 Å². The quantitative estimate of drug-likeness (QED) is 0.430. The molecule has 192 valence electrons. The molecule has 1 aromatic heterocycles. The zero-order chi connectivity index (χ0) is 26.5. The van der Waals surface area contributed by atoms with Gasteiger partial charge in [-0.25, -0.2) is 14.6 Å². The van der Waals surface area contributed by atoms with E-state index in [1.807, 2.05) is 25.1 Å². The van der Waals surface area contributed by atoms with Gasteiger partial charge >= 0.3 is 11.9 Å². The fourth-order valence-electron chi connectivity index (χ4n) is 4.07. The van der Waals surface area contributed by atoms with Crippen molar-refractivity contribution in [2.24, 2.45) is 4.99 Å². The number of carboxylic acids is 1. The number of fused-ring (bicyclic) bond motifs is 1. The molecule has 1 atom stereocenters. The molecule has 0 unspecified atom stereocenters. The van der Waals surface area contributed by atoms with E-state index in [0.29, 0.717) is 44.3 Å². The monoisotopic (exact) mass is 522 g/mol. The van der Waals surface area contributed by atoms with Crippen molar-refractivity contribution in [3.05, 3.63) is 90.6 Å². The molecule has 1 aliphatic heterocycles. The second kappa shape index (κ2) is 11.3. The number of hydrogen-bond acceptors (Lipinski definition) is 8. The van der Waals surface area contributed by atoms with Crippen LogP contribution in [-0.2, 0) is 14.3 Å². The van der Waals surface area contributed by atoms with Crippen molar-refractivity contribution in [1.29, 1.82) is 0 Å². The summed E-state index contributed by atoms with van der Waals surface area (Å²) in [5.41, 5.74) is 1.72. The van der Waals surface area contributed by atoms with Crippen molar-refractivity contribution in [2.45, 2.75) is 26.8 Å². The smallest absolute Gasteiger partial charge is 0.341 e. The minimum absolute atomic E-state index is 0.181. The molecular formula is C27H26N2O7S. The average Bonchev–Trinajstić information content (AvgIpc) is 3.17. The third kappa shape index (κ3) is 5.49. The van der Waals surface area contributed by atoms with Gasteiger partial charge in [-0.2, -0.15) is 0 Å². The van der Waals surface area contributed by atoms with Gasteiger partial charge in [-0.1, -0.05) is 41.7 Å². The van der Waals surface area contributed by atoms with Gasteiger partial charge < -0.3 is 19.3 Å². The van der Waals surface area contributed by atoms with E-state index in [-0.39, 0.29) is 17.7 Å². The number of esters is 1. The van der Waals surface area contributed by atoms with Gasteiger partial charge in [0.1, 0.15) is 17.5 Å². The number of rotatable bonds is 9. The van der Waals surface area contributed by atoms with Crippen molar-refractivity contribution in [1.82, 2.24) is 4.57 Å². The summed E-state index contributed by atoms with van der Waals surface area (Å²) in [7, 11) is 0. The molecule has 1 aliphatic rings. The maximum atomic E-state index is 13.8. The maximum absolute atomic E-state index is 13.8. The number of allylic oxidation sites excluding steroid dienone is 1. The van der Waals surface area contributed by atoms with Gasteiger partial charge in [0.05, 0.1) is 29.0 Å². The molecule has 1 N–H and O–H groups in total. The summed E-state index contributed by atoms with van der Waals surface area (Å²) in [6.07, 6.45) is 1.69. The third-order valence-electron chi connectivity index (χ3n) is 5.55. The van der Waals surface area contributed by atoms with Gasteiger partial charge in [0.25, 0.3) is 5.56 Å². The zero-order valence-electron chi connectivity index (χ0n) is 20.6. The summed E-state index contributed by atoms with van der Waals surface area (Å²) in [5, 5.41) is 8.87. The highest BCUT2D eigenvalue weighted by Gasteiger charge is 2.35. The van der Waals surface area contributed by atoms with Gasteiger partial charge in [0.15, 0.2) is 11.4 Å². The number of ether oxygens (including phenoxy) is 3. The van der Waals surface area contributed by atoms with Crippen LogP contribution < -0.4 is 24.4 Å². The highest BCUT2D eigenvalue weighted by atomic mass is 32.1. The summed E-state index contributed by atoms with van der Waals surface area (Å²) in [5.74, 6) is -0.700. The average molecular weight is 523 g/mol. The molecule has 0 saturated heterocycles. The summed E-state index contributed by atoms with van der Waals surface area (Å²) < 4.78 is 18.3. The van der Waals surface area contributed by atoms with E-state index in [2.05, 4.69) is 4.99 Å². The summed E-state index contributed by atoms with van der Waals surface area (Å²) in [4.78, 5) is 42.7. The molecule has 9 nitrogen and oxygen atoms in total. The highest BCUT2D eigenvalue weighted by Crippen LogP contribution is 2.35. The molecule has 2 heterocycles.